The molecular formula is C79H154O17P2. The third-order valence-electron chi connectivity index (χ3n) is 18.7. The molecule has 0 bridgehead atoms. The van der Waals surface area contributed by atoms with Crippen molar-refractivity contribution < 1.29 is 80.2 Å². The van der Waals surface area contributed by atoms with Crippen LogP contribution in [0, 0.1) is 17.8 Å². The standard InChI is InChI=1S/C79H154O17P2/c1-8-10-11-12-13-14-26-34-39-48-55-62-78(83)96-75(67-90-77(82)61-54-47-42-41-45-52-59-72(7)9-2)69-94-98(87,88)92-65-73(80)64-91-97(85,86)93-68-74(66-89-76(81)60-53-46-38-33-29-24-21-17-19-23-28-32-37-44-51-58-71(5)6)95-79(84)63-56-49-40-35-30-25-20-16-15-18-22-27-31-36-43-50-57-70(3)4/h70-75,80H,8-69H2,1-7H3,(H,85,86)(H,87,88)/t72?,73-,74-,75-/m1/s1. The number of hydrogen-bond donors (Lipinski definition) is 3. The van der Waals surface area contributed by atoms with Crippen molar-refractivity contribution in [3.63, 3.8) is 0 Å². The zero-order valence-corrected chi connectivity index (χ0v) is 66.0. The van der Waals surface area contributed by atoms with Crippen LogP contribution in [-0.2, 0) is 65.4 Å². The second-order valence-corrected chi connectivity index (χ2v) is 32.6. The average molecular weight is 1440 g/mol. The van der Waals surface area contributed by atoms with E-state index in [0.29, 0.717) is 25.7 Å². The van der Waals surface area contributed by atoms with E-state index in [2.05, 4.69) is 48.5 Å². The highest BCUT2D eigenvalue weighted by molar-refractivity contribution is 7.47. The van der Waals surface area contributed by atoms with Crippen LogP contribution < -0.4 is 0 Å². The van der Waals surface area contributed by atoms with E-state index in [0.717, 1.165) is 114 Å². The topological polar surface area (TPSA) is 237 Å². The van der Waals surface area contributed by atoms with Crippen LogP contribution in [0.5, 0.6) is 0 Å². The normalized spacial score (nSPS) is 14.3. The lowest BCUT2D eigenvalue weighted by Crippen LogP contribution is -2.30. The molecule has 0 heterocycles. The van der Waals surface area contributed by atoms with Crippen molar-refractivity contribution in [2.75, 3.05) is 39.6 Å². The van der Waals surface area contributed by atoms with E-state index in [-0.39, 0.29) is 25.7 Å². The maximum Gasteiger partial charge on any atom is 0.472 e. The Labute approximate surface area is 600 Å². The molecule has 3 N–H and O–H groups in total. The lowest BCUT2D eigenvalue weighted by atomic mass is 10.00. The molecule has 98 heavy (non-hydrogen) atoms. The molecule has 582 valence electrons. The molecule has 17 nitrogen and oxygen atoms in total. The van der Waals surface area contributed by atoms with Gasteiger partial charge in [-0.3, -0.25) is 37.3 Å². The van der Waals surface area contributed by atoms with Gasteiger partial charge in [-0.2, -0.15) is 0 Å². The Morgan fingerprint density at radius 3 is 0.776 bits per heavy atom. The summed E-state index contributed by atoms with van der Waals surface area (Å²) >= 11 is 0. The Balaban J connectivity index is 5.22. The molecule has 0 aromatic rings. The van der Waals surface area contributed by atoms with Crippen molar-refractivity contribution in [1.82, 2.24) is 0 Å². The maximum atomic E-state index is 13.1. The van der Waals surface area contributed by atoms with Gasteiger partial charge in [0.05, 0.1) is 26.4 Å². The Morgan fingerprint density at radius 1 is 0.296 bits per heavy atom. The van der Waals surface area contributed by atoms with Gasteiger partial charge < -0.3 is 33.8 Å². The van der Waals surface area contributed by atoms with Crippen molar-refractivity contribution in [3.8, 4) is 0 Å². The molecule has 19 heteroatoms. The summed E-state index contributed by atoms with van der Waals surface area (Å²) in [4.78, 5) is 72.9. The summed E-state index contributed by atoms with van der Waals surface area (Å²) in [7, 11) is -9.91. The summed E-state index contributed by atoms with van der Waals surface area (Å²) in [5, 5.41) is 10.6. The molecule has 0 aromatic carbocycles. The summed E-state index contributed by atoms with van der Waals surface area (Å²) in [5.74, 6) is 0.232. The van der Waals surface area contributed by atoms with Crippen LogP contribution >= 0.6 is 15.6 Å². The fraction of sp³-hybridized carbons (Fsp3) is 0.949. The number of unbranched alkanes of at least 4 members (excludes halogenated alkanes) is 44. The number of ether oxygens (including phenoxy) is 4. The number of hydrogen-bond acceptors (Lipinski definition) is 15. The fourth-order valence-electron chi connectivity index (χ4n) is 12.1. The van der Waals surface area contributed by atoms with Crippen molar-refractivity contribution in [2.24, 2.45) is 17.8 Å². The van der Waals surface area contributed by atoms with Gasteiger partial charge in [0.15, 0.2) is 12.2 Å². The zero-order chi connectivity index (χ0) is 72.3. The van der Waals surface area contributed by atoms with E-state index < -0.39 is 97.5 Å². The molecule has 0 radical (unpaired) electrons. The summed E-state index contributed by atoms with van der Waals surface area (Å²) in [6.45, 7) is 11.9. The number of phosphoric ester groups is 2. The first-order chi connectivity index (χ1) is 47.3. The van der Waals surface area contributed by atoms with Gasteiger partial charge in [-0.25, -0.2) is 9.13 Å². The number of rotatable bonds is 77. The zero-order valence-electron chi connectivity index (χ0n) is 64.3. The first kappa shape index (κ1) is 96.1. The molecule has 0 aliphatic carbocycles. The van der Waals surface area contributed by atoms with E-state index in [1.165, 1.54) is 212 Å². The van der Waals surface area contributed by atoms with E-state index in [4.69, 9.17) is 37.0 Å². The molecule has 0 spiro atoms. The number of esters is 4. The molecule has 0 aliphatic heterocycles. The summed E-state index contributed by atoms with van der Waals surface area (Å²) < 4.78 is 68.6. The highest BCUT2D eigenvalue weighted by atomic mass is 31.2. The van der Waals surface area contributed by atoms with Gasteiger partial charge in [-0.1, -0.05) is 357 Å². The minimum Gasteiger partial charge on any atom is -0.462 e. The van der Waals surface area contributed by atoms with Crippen LogP contribution in [0.3, 0.4) is 0 Å². The Hall–Kier alpha value is -1.94. The lowest BCUT2D eigenvalue weighted by Gasteiger charge is -2.21. The smallest absolute Gasteiger partial charge is 0.462 e. The largest absolute Gasteiger partial charge is 0.472 e. The van der Waals surface area contributed by atoms with E-state index >= 15 is 0 Å². The number of phosphoric acid groups is 2. The van der Waals surface area contributed by atoms with Crippen molar-refractivity contribution >= 4 is 39.5 Å². The van der Waals surface area contributed by atoms with Gasteiger partial charge in [-0.05, 0) is 43.4 Å². The fourth-order valence-corrected chi connectivity index (χ4v) is 13.7. The molecule has 0 aromatic heterocycles. The maximum absolute atomic E-state index is 13.1. The van der Waals surface area contributed by atoms with Crippen LogP contribution in [0.2, 0.25) is 0 Å². The van der Waals surface area contributed by atoms with Crippen molar-refractivity contribution in [2.45, 2.75) is 426 Å². The lowest BCUT2D eigenvalue weighted by molar-refractivity contribution is -0.161. The molecule has 0 aliphatic rings. The van der Waals surface area contributed by atoms with Gasteiger partial charge in [0.2, 0.25) is 0 Å². The van der Waals surface area contributed by atoms with Crippen LogP contribution in [-0.4, -0.2) is 96.7 Å². The predicted octanol–water partition coefficient (Wildman–Crippen LogP) is 23.4. The second kappa shape index (κ2) is 69.4. The summed E-state index contributed by atoms with van der Waals surface area (Å²) in [6, 6.07) is 0. The van der Waals surface area contributed by atoms with Crippen LogP contribution in [0.1, 0.15) is 408 Å². The minimum absolute atomic E-state index is 0.106. The molecule has 6 atom stereocenters. The van der Waals surface area contributed by atoms with Gasteiger partial charge in [-0.15, -0.1) is 0 Å². The summed E-state index contributed by atoms with van der Waals surface area (Å²) in [5.41, 5.74) is 0. The van der Waals surface area contributed by atoms with E-state index in [1.54, 1.807) is 0 Å². The number of carbonyl (C=O) groups is 4. The second-order valence-electron chi connectivity index (χ2n) is 29.6. The molecule has 0 saturated heterocycles. The Bertz CT molecular complexity index is 1910. The Morgan fingerprint density at radius 2 is 0.520 bits per heavy atom. The van der Waals surface area contributed by atoms with Gasteiger partial charge in [0, 0.05) is 25.7 Å². The predicted molar refractivity (Wildman–Crippen MR) is 400 cm³/mol. The molecular weight excluding hydrogens is 1280 g/mol. The highest BCUT2D eigenvalue weighted by Gasteiger charge is 2.30. The van der Waals surface area contributed by atoms with E-state index in [1.807, 2.05) is 0 Å². The van der Waals surface area contributed by atoms with Gasteiger partial charge >= 0.3 is 39.5 Å². The summed E-state index contributed by atoms with van der Waals surface area (Å²) in [6.07, 6.45) is 56.9. The van der Waals surface area contributed by atoms with Gasteiger partial charge in [0.1, 0.15) is 19.3 Å². The van der Waals surface area contributed by atoms with Crippen LogP contribution in [0.25, 0.3) is 0 Å². The molecule has 0 saturated carbocycles. The third-order valence-corrected chi connectivity index (χ3v) is 20.6. The number of carbonyl (C=O) groups excluding carboxylic acids is 4. The van der Waals surface area contributed by atoms with Crippen LogP contribution in [0.4, 0.5) is 0 Å². The minimum atomic E-state index is -4.96. The van der Waals surface area contributed by atoms with Gasteiger partial charge in [0.25, 0.3) is 0 Å². The quantitative estimate of drug-likeness (QED) is 0.0222. The molecule has 0 amide bonds. The monoisotopic (exact) mass is 1440 g/mol. The van der Waals surface area contributed by atoms with Crippen molar-refractivity contribution in [3.05, 3.63) is 0 Å². The number of aliphatic hydroxyl groups excluding tert-OH is 1. The Kier molecular flexibility index (Phi) is 68.1. The molecule has 3 unspecified atom stereocenters. The first-order valence-corrected chi connectivity index (χ1v) is 43.9. The average Bonchev–Trinajstić information content (AvgIpc) is 1.09. The third kappa shape index (κ3) is 71.1. The number of aliphatic hydroxyl groups is 1. The highest BCUT2D eigenvalue weighted by Crippen LogP contribution is 2.45. The van der Waals surface area contributed by atoms with Crippen molar-refractivity contribution in [1.29, 1.82) is 0 Å². The molecule has 0 rings (SSSR count). The van der Waals surface area contributed by atoms with Crippen LogP contribution in [0.15, 0.2) is 0 Å². The van der Waals surface area contributed by atoms with E-state index in [9.17, 15) is 43.2 Å². The molecule has 0 fully saturated rings. The first-order valence-electron chi connectivity index (χ1n) is 40.9. The SMILES string of the molecule is CCCCCCCCCCCCCC(=O)O[C@H](COC(=O)CCCCCCCCC(C)CC)COP(=O)(O)OC[C@H](O)COP(=O)(O)OC[C@@H](COC(=O)CCCCCCCCCCCCCCCCCC(C)C)OC(=O)CCCCCCCCCCCCCCCCCCC(C)C.